The average molecular weight is 428 g/mol. The molecule has 0 aliphatic rings. The van der Waals surface area contributed by atoms with Gasteiger partial charge in [0.15, 0.2) is 5.76 Å². The van der Waals surface area contributed by atoms with Crippen molar-refractivity contribution in [2.75, 3.05) is 20.8 Å². The molecule has 30 heavy (non-hydrogen) atoms. The zero-order valence-electron chi connectivity index (χ0n) is 16.7. The Bertz CT molecular complexity index is 1170. The first-order valence-electron chi connectivity index (χ1n) is 8.79. The topological polar surface area (TPSA) is 104 Å². The molecule has 1 aromatic carbocycles. The maximum atomic E-state index is 10.8. The van der Waals surface area contributed by atoms with Crippen LogP contribution in [0.1, 0.15) is 12.7 Å². The van der Waals surface area contributed by atoms with Gasteiger partial charge in [0, 0.05) is 10.9 Å². The maximum absolute atomic E-state index is 10.8. The SMILES string of the molecule is C=C(C)CN=c1scc(-c2cc(OC)ccc2OC)n1/N=C\c1ccc([N+](=O)[O-])o1. The second kappa shape index (κ2) is 9.23. The van der Waals surface area contributed by atoms with Crippen molar-refractivity contribution < 1.29 is 18.8 Å². The van der Waals surface area contributed by atoms with Crippen molar-refractivity contribution in [2.45, 2.75) is 6.92 Å². The lowest BCUT2D eigenvalue weighted by molar-refractivity contribution is -0.402. The molecule has 0 saturated carbocycles. The van der Waals surface area contributed by atoms with Crippen molar-refractivity contribution >= 4 is 23.4 Å². The van der Waals surface area contributed by atoms with Gasteiger partial charge in [0.1, 0.15) is 16.4 Å². The minimum atomic E-state index is -0.602. The number of hydrogen-bond acceptors (Lipinski definition) is 8. The van der Waals surface area contributed by atoms with E-state index >= 15 is 0 Å². The number of ether oxygens (including phenoxy) is 2. The van der Waals surface area contributed by atoms with Crippen LogP contribution >= 0.6 is 11.3 Å². The molecule has 3 aromatic rings. The molecule has 0 spiro atoms. The Balaban J connectivity index is 2.13. The lowest BCUT2D eigenvalue weighted by Gasteiger charge is -2.11. The number of thiazole rings is 1. The maximum Gasteiger partial charge on any atom is 0.433 e. The fourth-order valence-corrected chi connectivity index (χ4v) is 3.37. The summed E-state index contributed by atoms with van der Waals surface area (Å²) < 4.78 is 17.6. The highest BCUT2D eigenvalue weighted by molar-refractivity contribution is 7.07. The first kappa shape index (κ1) is 21.1. The third-order valence-corrected chi connectivity index (χ3v) is 4.80. The average Bonchev–Trinajstić information content (AvgIpc) is 3.37. The lowest BCUT2D eigenvalue weighted by atomic mass is 10.1. The monoisotopic (exact) mass is 428 g/mol. The van der Waals surface area contributed by atoms with Gasteiger partial charge in [-0.3, -0.25) is 15.1 Å². The molecule has 156 valence electrons. The van der Waals surface area contributed by atoms with Gasteiger partial charge in [-0.1, -0.05) is 12.2 Å². The third kappa shape index (κ3) is 4.66. The van der Waals surface area contributed by atoms with Gasteiger partial charge in [-0.15, -0.1) is 11.3 Å². The van der Waals surface area contributed by atoms with Crippen LogP contribution in [0, 0.1) is 10.1 Å². The second-order valence-electron chi connectivity index (χ2n) is 6.23. The number of nitrogens with zero attached hydrogens (tertiary/aromatic N) is 4. The minimum Gasteiger partial charge on any atom is -0.497 e. The molecule has 0 N–H and O–H groups in total. The Morgan fingerprint density at radius 2 is 2.13 bits per heavy atom. The van der Waals surface area contributed by atoms with Crippen molar-refractivity contribution in [3.8, 4) is 22.8 Å². The van der Waals surface area contributed by atoms with E-state index in [1.165, 1.54) is 29.7 Å². The fourth-order valence-electron chi connectivity index (χ4n) is 2.55. The van der Waals surface area contributed by atoms with Gasteiger partial charge in [0.25, 0.3) is 0 Å². The molecule has 0 amide bonds. The molecule has 2 aromatic heterocycles. The quantitative estimate of drug-likeness (QED) is 0.233. The van der Waals surface area contributed by atoms with Crippen LogP contribution in [0.5, 0.6) is 11.5 Å². The van der Waals surface area contributed by atoms with Gasteiger partial charge in [0.05, 0.1) is 38.7 Å². The van der Waals surface area contributed by atoms with Crippen LogP contribution in [0.4, 0.5) is 5.88 Å². The van der Waals surface area contributed by atoms with Gasteiger partial charge in [0.2, 0.25) is 4.80 Å². The number of methoxy groups -OCH3 is 2. The van der Waals surface area contributed by atoms with Crippen molar-refractivity contribution in [1.29, 1.82) is 0 Å². The van der Waals surface area contributed by atoms with Crippen LogP contribution in [0.25, 0.3) is 11.3 Å². The van der Waals surface area contributed by atoms with Gasteiger partial charge >= 0.3 is 5.88 Å². The van der Waals surface area contributed by atoms with Gasteiger partial charge < -0.3 is 13.9 Å². The standard InChI is InChI=1S/C20H20N4O5S/c1-13(2)10-21-20-23(22-11-15-6-8-19(29-15)24(25)26)17(12-30-20)16-9-14(27-3)5-7-18(16)28-4/h5-9,11-12H,1,10H2,2-4H3/b21-20?,22-11-. The molecule has 0 aliphatic carbocycles. The Morgan fingerprint density at radius 1 is 1.33 bits per heavy atom. The summed E-state index contributed by atoms with van der Waals surface area (Å²) in [4.78, 5) is 15.4. The molecule has 0 fully saturated rings. The summed E-state index contributed by atoms with van der Waals surface area (Å²) in [6.07, 6.45) is 1.40. The second-order valence-corrected chi connectivity index (χ2v) is 7.07. The van der Waals surface area contributed by atoms with Gasteiger partial charge in [-0.25, -0.2) is 4.68 Å². The summed E-state index contributed by atoms with van der Waals surface area (Å²) >= 11 is 1.40. The van der Waals surface area contributed by atoms with Gasteiger partial charge in [-0.2, -0.15) is 5.10 Å². The molecular weight excluding hydrogens is 408 g/mol. The number of aromatic nitrogens is 1. The van der Waals surface area contributed by atoms with Crippen LogP contribution in [0.15, 0.2) is 62.4 Å². The van der Waals surface area contributed by atoms with Crippen LogP contribution in [-0.2, 0) is 0 Å². The molecule has 0 bridgehead atoms. The van der Waals surface area contributed by atoms with E-state index in [0.717, 1.165) is 11.1 Å². The van der Waals surface area contributed by atoms with Crippen molar-refractivity contribution in [3.05, 3.63) is 68.5 Å². The van der Waals surface area contributed by atoms with E-state index in [-0.39, 0.29) is 11.6 Å². The van der Waals surface area contributed by atoms with Gasteiger partial charge in [-0.05, 0) is 31.2 Å². The molecule has 0 unspecified atom stereocenters. The highest BCUT2D eigenvalue weighted by Crippen LogP contribution is 2.33. The summed E-state index contributed by atoms with van der Waals surface area (Å²) in [7, 11) is 3.17. The first-order valence-corrected chi connectivity index (χ1v) is 9.67. The molecule has 10 heteroatoms. The largest absolute Gasteiger partial charge is 0.497 e. The molecule has 2 heterocycles. The molecule has 0 aliphatic heterocycles. The van der Waals surface area contributed by atoms with Crippen molar-refractivity contribution in [2.24, 2.45) is 10.1 Å². The number of hydrogen-bond donors (Lipinski definition) is 0. The molecule has 0 saturated heterocycles. The summed E-state index contributed by atoms with van der Waals surface area (Å²) in [6, 6.07) is 8.20. The Labute approximate surface area is 176 Å². The molecular formula is C20H20N4O5S. The Morgan fingerprint density at radius 3 is 2.77 bits per heavy atom. The van der Waals surface area contributed by atoms with Crippen LogP contribution < -0.4 is 14.3 Å². The van der Waals surface area contributed by atoms with E-state index in [9.17, 15) is 10.1 Å². The molecule has 9 nitrogen and oxygen atoms in total. The number of benzene rings is 1. The summed E-state index contributed by atoms with van der Waals surface area (Å²) in [5, 5.41) is 17.2. The molecule has 0 atom stereocenters. The number of furan rings is 1. The van der Waals surface area contributed by atoms with Crippen molar-refractivity contribution in [1.82, 2.24) is 4.68 Å². The predicted octanol–water partition coefficient (Wildman–Crippen LogP) is 4.09. The minimum absolute atomic E-state index is 0.245. The van der Waals surface area contributed by atoms with Crippen LogP contribution in [0.2, 0.25) is 0 Å². The number of nitro groups is 1. The van der Waals surface area contributed by atoms with Crippen LogP contribution in [0.3, 0.4) is 0 Å². The highest BCUT2D eigenvalue weighted by atomic mass is 32.1. The zero-order chi connectivity index (χ0) is 21.7. The van der Waals surface area contributed by atoms with Crippen LogP contribution in [-0.4, -0.2) is 36.6 Å². The Kier molecular flexibility index (Phi) is 6.48. The smallest absolute Gasteiger partial charge is 0.433 e. The third-order valence-electron chi connectivity index (χ3n) is 3.95. The summed E-state index contributed by atoms with van der Waals surface area (Å²) in [6.45, 7) is 6.20. The van der Waals surface area contributed by atoms with E-state index in [2.05, 4.69) is 16.7 Å². The van der Waals surface area contributed by atoms with E-state index in [1.54, 1.807) is 31.0 Å². The van der Waals surface area contributed by atoms with Crippen molar-refractivity contribution in [3.63, 3.8) is 0 Å². The fraction of sp³-hybridized carbons (Fsp3) is 0.200. The first-order chi connectivity index (χ1) is 14.4. The number of rotatable bonds is 8. The van der Waals surface area contributed by atoms with E-state index in [4.69, 9.17) is 13.9 Å². The Hall–Kier alpha value is -3.66. The normalized spacial score (nSPS) is 11.8. The predicted molar refractivity (Wildman–Crippen MR) is 114 cm³/mol. The molecule has 0 radical (unpaired) electrons. The summed E-state index contributed by atoms with van der Waals surface area (Å²) in [5.41, 5.74) is 2.38. The molecule has 3 rings (SSSR count). The van der Waals surface area contributed by atoms with E-state index < -0.39 is 4.92 Å². The zero-order valence-corrected chi connectivity index (χ0v) is 17.5. The lowest BCUT2D eigenvalue weighted by Crippen LogP contribution is -2.13. The summed E-state index contributed by atoms with van der Waals surface area (Å²) in [5.74, 6) is 1.19. The van der Waals surface area contributed by atoms with E-state index in [0.29, 0.717) is 28.5 Å². The van der Waals surface area contributed by atoms with E-state index in [1.807, 2.05) is 18.4 Å². The highest BCUT2D eigenvalue weighted by Gasteiger charge is 2.15.